The number of hydrogen-bond acceptors (Lipinski definition) is 6. The Hall–Kier alpha value is -3.36. The van der Waals surface area contributed by atoms with Gasteiger partial charge < -0.3 is 24.5 Å². The molecule has 2 aromatic rings. The van der Waals surface area contributed by atoms with Crippen LogP contribution in [0.1, 0.15) is 30.8 Å². The standard InChI is InChI=1S/C18H20N4O5/c1-3-11-15(17(24)26-4-2)13(21-18(25)20-11)10-27-16(23)12-9-22-8-6-5-7-14(22)19-12/h5-9,11H,3-4,10H2,1-2H3,(H2,20,21,25). The highest BCUT2D eigenvalue weighted by atomic mass is 16.5. The lowest BCUT2D eigenvalue weighted by Gasteiger charge is -2.28. The number of nitrogens with zero attached hydrogens (tertiary/aromatic N) is 2. The summed E-state index contributed by atoms with van der Waals surface area (Å²) in [4.78, 5) is 40.6. The Bertz CT molecular complexity index is 884. The van der Waals surface area contributed by atoms with E-state index in [1.54, 1.807) is 29.8 Å². The van der Waals surface area contributed by atoms with E-state index in [9.17, 15) is 14.4 Å². The van der Waals surface area contributed by atoms with E-state index in [0.29, 0.717) is 12.1 Å². The summed E-state index contributed by atoms with van der Waals surface area (Å²) in [6.45, 7) is 3.44. The molecule has 1 aliphatic heterocycles. The zero-order valence-electron chi connectivity index (χ0n) is 15.0. The molecular weight excluding hydrogens is 352 g/mol. The summed E-state index contributed by atoms with van der Waals surface area (Å²) in [5.74, 6) is -1.22. The maximum atomic E-state index is 12.3. The molecule has 9 heteroatoms. The molecule has 9 nitrogen and oxygen atoms in total. The van der Waals surface area contributed by atoms with Gasteiger partial charge in [-0.2, -0.15) is 0 Å². The first-order valence-electron chi connectivity index (χ1n) is 8.62. The Morgan fingerprint density at radius 3 is 2.74 bits per heavy atom. The molecule has 0 spiro atoms. The third kappa shape index (κ3) is 3.91. The SMILES string of the molecule is CCOC(=O)C1=C(COC(=O)c2cn3ccccc3n2)NC(=O)NC1CC. The van der Waals surface area contributed by atoms with Crippen LogP contribution in [0, 0.1) is 0 Å². The zero-order chi connectivity index (χ0) is 19.4. The number of pyridine rings is 1. The topological polar surface area (TPSA) is 111 Å². The molecule has 0 radical (unpaired) electrons. The van der Waals surface area contributed by atoms with E-state index in [0.717, 1.165) is 0 Å². The largest absolute Gasteiger partial charge is 0.463 e. The van der Waals surface area contributed by atoms with Crippen LogP contribution < -0.4 is 10.6 Å². The van der Waals surface area contributed by atoms with Gasteiger partial charge in [0.05, 0.1) is 23.9 Å². The average Bonchev–Trinajstić information content (AvgIpc) is 3.10. The first-order valence-corrected chi connectivity index (χ1v) is 8.62. The lowest BCUT2D eigenvalue weighted by Crippen LogP contribution is -2.51. The predicted octanol–water partition coefficient (Wildman–Crippen LogP) is 1.40. The van der Waals surface area contributed by atoms with Gasteiger partial charge in [-0.3, -0.25) is 0 Å². The summed E-state index contributed by atoms with van der Waals surface area (Å²) >= 11 is 0. The molecule has 0 aromatic carbocycles. The fraction of sp³-hybridized carbons (Fsp3) is 0.333. The second-order valence-electron chi connectivity index (χ2n) is 5.84. The minimum atomic E-state index is -0.657. The summed E-state index contributed by atoms with van der Waals surface area (Å²) < 4.78 is 12.0. The summed E-state index contributed by atoms with van der Waals surface area (Å²) in [6.07, 6.45) is 3.80. The molecule has 142 valence electrons. The molecule has 0 fully saturated rings. The van der Waals surface area contributed by atoms with Crippen LogP contribution in [0.2, 0.25) is 0 Å². The quantitative estimate of drug-likeness (QED) is 0.742. The van der Waals surface area contributed by atoms with Crippen molar-refractivity contribution in [1.29, 1.82) is 0 Å². The molecule has 0 saturated carbocycles. The van der Waals surface area contributed by atoms with Crippen LogP contribution in [0.4, 0.5) is 4.79 Å². The van der Waals surface area contributed by atoms with Crippen molar-refractivity contribution in [3.05, 3.63) is 47.6 Å². The third-order valence-electron chi connectivity index (χ3n) is 4.07. The Morgan fingerprint density at radius 1 is 1.22 bits per heavy atom. The van der Waals surface area contributed by atoms with E-state index in [4.69, 9.17) is 9.47 Å². The number of carbonyl (C=O) groups is 3. The number of nitrogens with one attached hydrogen (secondary N) is 2. The second-order valence-corrected chi connectivity index (χ2v) is 5.84. The number of carbonyl (C=O) groups excluding carboxylic acids is 3. The van der Waals surface area contributed by atoms with Crippen LogP contribution in [-0.4, -0.2) is 46.6 Å². The Balaban J connectivity index is 1.80. The number of urea groups is 1. The van der Waals surface area contributed by atoms with Crippen LogP contribution in [-0.2, 0) is 14.3 Å². The average molecular weight is 372 g/mol. The van der Waals surface area contributed by atoms with Crippen molar-refractivity contribution in [3.8, 4) is 0 Å². The normalized spacial score (nSPS) is 16.7. The molecule has 1 atom stereocenters. The summed E-state index contributed by atoms with van der Waals surface area (Å²) in [5, 5.41) is 5.19. The fourth-order valence-corrected chi connectivity index (χ4v) is 2.82. The van der Waals surface area contributed by atoms with Gasteiger partial charge in [-0.1, -0.05) is 13.0 Å². The molecule has 27 heavy (non-hydrogen) atoms. The van der Waals surface area contributed by atoms with Crippen LogP contribution in [0.5, 0.6) is 0 Å². The first-order chi connectivity index (χ1) is 13.0. The molecule has 3 rings (SSSR count). The van der Waals surface area contributed by atoms with Crippen LogP contribution in [0.25, 0.3) is 5.65 Å². The van der Waals surface area contributed by atoms with Gasteiger partial charge in [-0.15, -0.1) is 0 Å². The number of hydrogen-bond donors (Lipinski definition) is 2. The summed E-state index contributed by atoms with van der Waals surface area (Å²) in [5.41, 5.74) is 1.20. The van der Waals surface area contributed by atoms with Gasteiger partial charge in [0.15, 0.2) is 5.69 Å². The van der Waals surface area contributed by atoms with Crippen molar-refractivity contribution in [2.45, 2.75) is 26.3 Å². The van der Waals surface area contributed by atoms with E-state index in [1.807, 2.05) is 19.1 Å². The molecule has 2 amide bonds. The zero-order valence-corrected chi connectivity index (χ0v) is 15.0. The molecule has 2 aromatic heterocycles. The molecule has 1 unspecified atom stereocenters. The number of rotatable bonds is 6. The number of ether oxygens (including phenoxy) is 2. The van der Waals surface area contributed by atoms with Crippen molar-refractivity contribution < 1.29 is 23.9 Å². The predicted molar refractivity (Wildman–Crippen MR) is 94.9 cm³/mol. The van der Waals surface area contributed by atoms with E-state index < -0.39 is 24.0 Å². The number of esters is 2. The minimum absolute atomic E-state index is 0.131. The van der Waals surface area contributed by atoms with Crippen molar-refractivity contribution in [2.75, 3.05) is 13.2 Å². The van der Waals surface area contributed by atoms with Gasteiger partial charge in [0, 0.05) is 12.4 Å². The van der Waals surface area contributed by atoms with Crippen LogP contribution >= 0.6 is 0 Å². The molecule has 3 heterocycles. The second kappa shape index (κ2) is 7.90. The third-order valence-corrected chi connectivity index (χ3v) is 4.07. The Kier molecular flexibility index (Phi) is 5.39. The fourth-order valence-electron chi connectivity index (χ4n) is 2.82. The Morgan fingerprint density at radius 2 is 2.04 bits per heavy atom. The van der Waals surface area contributed by atoms with Crippen molar-refractivity contribution >= 4 is 23.6 Å². The highest BCUT2D eigenvalue weighted by Crippen LogP contribution is 2.18. The number of fused-ring (bicyclic) bond motifs is 1. The van der Waals surface area contributed by atoms with Gasteiger partial charge in [-0.05, 0) is 25.5 Å². The van der Waals surface area contributed by atoms with Crippen LogP contribution in [0.15, 0.2) is 41.9 Å². The van der Waals surface area contributed by atoms with Crippen molar-refractivity contribution in [1.82, 2.24) is 20.0 Å². The molecule has 1 aliphatic rings. The van der Waals surface area contributed by atoms with E-state index in [1.165, 1.54) is 0 Å². The lowest BCUT2D eigenvalue weighted by molar-refractivity contribution is -0.139. The lowest BCUT2D eigenvalue weighted by atomic mass is 10.0. The maximum Gasteiger partial charge on any atom is 0.358 e. The van der Waals surface area contributed by atoms with Gasteiger partial charge in [0.2, 0.25) is 0 Å². The minimum Gasteiger partial charge on any atom is -0.463 e. The molecule has 0 saturated heterocycles. The number of aromatic nitrogens is 2. The van der Waals surface area contributed by atoms with Crippen molar-refractivity contribution in [3.63, 3.8) is 0 Å². The number of amides is 2. The Labute approximate surface area is 155 Å². The molecular formula is C18H20N4O5. The van der Waals surface area contributed by atoms with Gasteiger partial charge in [-0.25, -0.2) is 19.4 Å². The highest BCUT2D eigenvalue weighted by Gasteiger charge is 2.32. The molecule has 0 aliphatic carbocycles. The summed E-state index contributed by atoms with van der Waals surface area (Å²) in [6, 6.07) is 4.41. The van der Waals surface area contributed by atoms with Crippen LogP contribution in [0.3, 0.4) is 0 Å². The monoisotopic (exact) mass is 372 g/mol. The van der Waals surface area contributed by atoms with Gasteiger partial charge in [0.25, 0.3) is 0 Å². The van der Waals surface area contributed by atoms with Gasteiger partial charge >= 0.3 is 18.0 Å². The highest BCUT2D eigenvalue weighted by molar-refractivity contribution is 5.95. The smallest absolute Gasteiger partial charge is 0.358 e. The summed E-state index contributed by atoms with van der Waals surface area (Å²) in [7, 11) is 0. The number of imidazole rings is 1. The maximum absolute atomic E-state index is 12.3. The van der Waals surface area contributed by atoms with Gasteiger partial charge in [0.1, 0.15) is 12.3 Å². The van der Waals surface area contributed by atoms with E-state index in [2.05, 4.69) is 15.6 Å². The molecule has 0 bridgehead atoms. The molecule has 2 N–H and O–H groups in total. The van der Waals surface area contributed by atoms with Crippen molar-refractivity contribution in [2.24, 2.45) is 0 Å². The van der Waals surface area contributed by atoms with E-state index >= 15 is 0 Å². The first kappa shape index (κ1) is 18.4. The van der Waals surface area contributed by atoms with E-state index in [-0.39, 0.29) is 30.2 Å².